The number of thiophene rings is 1. The molecule has 0 aliphatic heterocycles. The Bertz CT molecular complexity index is 277. The fraction of sp³-hybridized carbons (Fsp3) is 0.143. The molecule has 0 radical (unpaired) electrons. The van der Waals surface area contributed by atoms with Gasteiger partial charge in [0.05, 0.1) is 4.88 Å². The van der Waals surface area contributed by atoms with Crippen molar-refractivity contribution in [1.29, 1.82) is 0 Å². The van der Waals surface area contributed by atoms with Crippen LogP contribution in [0.4, 0.5) is 0 Å². The van der Waals surface area contributed by atoms with Crippen LogP contribution in [0.5, 0.6) is 5.06 Å². The van der Waals surface area contributed by atoms with E-state index in [2.05, 4.69) is 0 Å². The van der Waals surface area contributed by atoms with Gasteiger partial charge < -0.3 is 4.74 Å². The summed E-state index contributed by atoms with van der Waals surface area (Å²) in [5.74, 6) is -0.371. The molecule has 1 heterocycles. The second kappa shape index (κ2) is 3.30. The van der Waals surface area contributed by atoms with Crippen LogP contribution in [0.25, 0.3) is 0 Å². The molecular formula is C7H6O3S. The molecule has 0 aliphatic carbocycles. The summed E-state index contributed by atoms with van der Waals surface area (Å²) in [5.41, 5.74) is 0. The van der Waals surface area contributed by atoms with Gasteiger partial charge in [-0.05, 0) is 12.1 Å². The third-order valence-corrected chi connectivity index (χ3v) is 1.85. The molecule has 0 unspecified atom stereocenters. The highest BCUT2D eigenvalue weighted by atomic mass is 32.1. The van der Waals surface area contributed by atoms with E-state index in [0.717, 1.165) is 17.6 Å². The van der Waals surface area contributed by atoms with Crippen LogP contribution in [-0.4, -0.2) is 12.3 Å². The number of esters is 1. The van der Waals surface area contributed by atoms with Crippen molar-refractivity contribution in [2.45, 2.75) is 6.92 Å². The monoisotopic (exact) mass is 170 g/mol. The smallest absolute Gasteiger partial charge is 0.308 e. The Hall–Kier alpha value is -1.16. The number of carbonyl (C=O) groups excluding carboxylic acids is 2. The van der Waals surface area contributed by atoms with Crippen molar-refractivity contribution in [3.63, 3.8) is 0 Å². The van der Waals surface area contributed by atoms with Gasteiger partial charge in [-0.25, -0.2) is 0 Å². The van der Waals surface area contributed by atoms with Gasteiger partial charge in [0.1, 0.15) is 0 Å². The first-order valence-corrected chi connectivity index (χ1v) is 3.77. The lowest BCUT2D eigenvalue weighted by molar-refractivity contribution is -0.131. The second-order valence-corrected chi connectivity index (χ2v) is 2.95. The summed E-state index contributed by atoms with van der Waals surface area (Å²) in [7, 11) is 0. The van der Waals surface area contributed by atoms with E-state index in [4.69, 9.17) is 4.74 Å². The van der Waals surface area contributed by atoms with Gasteiger partial charge in [-0.2, -0.15) is 0 Å². The molecule has 58 valence electrons. The summed E-state index contributed by atoms with van der Waals surface area (Å²) in [5, 5.41) is 0.458. The summed E-state index contributed by atoms with van der Waals surface area (Å²) >= 11 is 1.15. The average molecular weight is 170 g/mol. The first-order chi connectivity index (χ1) is 5.22. The number of carbonyl (C=O) groups is 2. The predicted molar refractivity (Wildman–Crippen MR) is 41.0 cm³/mol. The van der Waals surface area contributed by atoms with Gasteiger partial charge in [0.25, 0.3) is 0 Å². The Morgan fingerprint density at radius 3 is 2.82 bits per heavy atom. The fourth-order valence-electron chi connectivity index (χ4n) is 0.594. The highest BCUT2D eigenvalue weighted by Crippen LogP contribution is 2.22. The minimum Gasteiger partial charge on any atom is -0.416 e. The summed E-state index contributed by atoms with van der Waals surface area (Å²) < 4.78 is 4.72. The van der Waals surface area contributed by atoms with Gasteiger partial charge in [-0.3, -0.25) is 9.59 Å². The lowest BCUT2D eigenvalue weighted by atomic mass is 10.5. The summed E-state index contributed by atoms with van der Waals surface area (Å²) in [6.45, 7) is 1.32. The van der Waals surface area contributed by atoms with E-state index in [0.29, 0.717) is 9.94 Å². The number of hydrogen-bond donors (Lipinski definition) is 0. The third-order valence-electron chi connectivity index (χ3n) is 0.963. The van der Waals surface area contributed by atoms with Gasteiger partial charge in [0, 0.05) is 6.92 Å². The minimum absolute atomic E-state index is 0.371. The number of aldehydes is 1. The van der Waals surface area contributed by atoms with E-state index in [-0.39, 0.29) is 5.97 Å². The van der Waals surface area contributed by atoms with Gasteiger partial charge in [-0.1, -0.05) is 11.3 Å². The first kappa shape index (κ1) is 7.94. The van der Waals surface area contributed by atoms with Crippen LogP contribution < -0.4 is 4.74 Å². The molecule has 0 amide bonds. The summed E-state index contributed by atoms with van der Waals surface area (Å²) in [6.07, 6.45) is 0.720. The lowest BCUT2D eigenvalue weighted by Gasteiger charge is -1.92. The van der Waals surface area contributed by atoms with Crippen LogP contribution in [0.3, 0.4) is 0 Å². The van der Waals surface area contributed by atoms with Gasteiger partial charge in [0.15, 0.2) is 11.3 Å². The highest BCUT2D eigenvalue weighted by molar-refractivity contribution is 7.15. The molecule has 11 heavy (non-hydrogen) atoms. The molecule has 1 aromatic heterocycles. The van der Waals surface area contributed by atoms with Crippen LogP contribution in [-0.2, 0) is 4.79 Å². The SMILES string of the molecule is CC(=O)Oc1ccc(C=O)s1. The van der Waals surface area contributed by atoms with Crippen molar-refractivity contribution in [3.8, 4) is 5.06 Å². The minimum atomic E-state index is -0.371. The summed E-state index contributed by atoms with van der Waals surface area (Å²) in [6, 6.07) is 3.20. The molecule has 0 bridgehead atoms. The molecular weight excluding hydrogens is 164 g/mol. The Balaban J connectivity index is 2.72. The van der Waals surface area contributed by atoms with Crippen LogP contribution in [0.2, 0.25) is 0 Å². The molecule has 0 aliphatic rings. The topological polar surface area (TPSA) is 43.4 Å². The highest BCUT2D eigenvalue weighted by Gasteiger charge is 2.01. The maximum atomic E-state index is 10.4. The largest absolute Gasteiger partial charge is 0.416 e. The van der Waals surface area contributed by atoms with Gasteiger partial charge >= 0.3 is 5.97 Å². The Kier molecular flexibility index (Phi) is 2.38. The molecule has 0 fully saturated rings. The van der Waals surface area contributed by atoms with E-state index in [1.54, 1.807) is 12.1 Å². The molecule has 0 aromatic carbocycles. The second-order valence-electron chi connectivity index (χ2n) is 1.87. The van der Waals surface area contributed by atoms with Crippen LogP contribution in [0, 0.1) is 0 Å². The van der Waals surface area contributed by atoms with E-state index in [9.17, 15) is 9.59 Å². The number of rotatable bonds is 2. The maximum absolute atomic E-state index is 10.4. The van der Waals surface area contributed by atoms with Crippen LogP contribution in [0.1, 0.15) is 16.6 Å². The van der Waals surface area contributed by atoms with E-state index < -0.39 is 0 Å². The Morgan fingerprint density at radius 2 is 2.36 bits per heavy atom. The molecule has 4 heteroatoms. The maximum Gasteiger partial charge on any atom is 0.308 e. The molecule has 0 spiro atoms. The first-order valence-electron chi connectivity index (χ1n) is 2.96. The zero-order valence-electron chi connectivity index (χ0n) is 5.87. The van der Waals surface area contributed by atoms with Crippen molar-refractivity contribution in [1.82, 2.24) is 0 Å². The molecule has 1 aromatic rings. The molecule has 1 rings (SSSR count). The standard InChI is InChI=1S/C7H6O3S/c1-5(9)10-7-3-2-6(4-8)11-7/h2-4H,1H3. The van der Waals surface area contributed by atoms with E-state index in [1.807, 2.05) is 0 Å². The summed E-state index contributed by atoms with van der Waals surface area (Å²) in [4.78, 5) is 21.1. The van der Waals surface area contributed by atoms with Gasteiger partial charge in [-0.15, -0.1) is 0 Å². The lowest BCUT2D eigenvalue weighted by Crippen LogP contribution is -1.98. The normalized spacial score (nSPS) is 9.18. The zero-order valence-corrected chi connectivity index (χ0v) is 6.68. The number of hydrogen-bond acceptors (Lipinski definition) is 4. The fourth-order valence-corrected chi connectivity index (χ4v) is 1.31. The molecule has 0 atom stereocenters. The van der Waals surface area contributed by atoms with Crippen molar-refractivity contribution < 1.29 is 14.3 Å². The van der Waals surface area contributed by atoms with Crippen molar-refractivity contribution in [2.24, 2.45) is 0 Å². The van der Waals surface area contributed by atoms with E-state index in [1.165, 1.54) is 6.92 Å². The molecule has 0 saturated carbocycles. The van der Waals surface area contributed by atoms with Crippen LogP contribution >= 0.6 is 11.3 Å². The van der Waals surface area contributed by atoms with Crippen LogP contribution in [0.15, 0.2) is 12.1 Å². The van der Waals surface area contributed by atoms with Crippen molar-refractivity contribution in [3.05, 3.63) is 17.0 Å². The number of ether oxygens (including phenoxy) is 1. The van der Waals surface area contributed by atoms with E-state index >= 15 is 0 Å². The molecule has 3 nitrogen and oxygen atoms in total. The quantitative estimate of drug-likeness (QED) is 0.498. The van der Waals surface area contributed by atoms with Crippen molar-refractivity contribution in [2.75, 3.05) is 0 Å². The molecule has 0 N–H and O–H groups in total. The zero-order chi connectivity index (χ0) is 8.27. The Morgan fingerprint density at radius 1 is 1.64 bits per heavy atom. The average Bonchev–Trinajstić information content (AvgIpc) is 2.34. The van der Waals surface area contributed by atoms with Crippen molar-refractivity contribution >= 4 is 23.6 Å². The Labute approximate surface area is 67.6 Å². The predicted octanol–water partition coefficient (Wildman–Crippen LogP) is 1.49. The van der Waals surface area contributed by atoms with Gasteiger partial charge in [0.2, 0.25) is 0 Å². The third kappa shape index (κ3) is 2.16. The molecule has 0 saturated heterocycles.